The number of esters is 3. The molecule has 0 aromatic rings. The van der Waals surface area contributed by atoms with Crippen LogP contribution in [0.5, 0.6) is 0 Å². The van der Waals surface area contributed by atoms with Crippen molar-refractivity contribution in [3.63, 3.8) is 0 Å². The minimum atomic E-state index is -0.786. The van der Waals surface area contributed by atoms with Crippen LogP contribution in [0.3, 0.4) is 0 Å². The van der Waals surface area contributed by atoms with Gasteiger partial charge in [-0.1, -0.05) is 268 Å². The molecule has 0 aliphatic carbocycles. The van der Waals surface area contributed by atoms with E-state index < -0.39 is 6.10 Å². The van der Waals surface area contributed by atoms with Crippen LogP contribution in [0.15, 0.2) is 60.8 Å². The van der Waals surface area contributed by atoms with Crippen molar-refractivity contribution in [1.29, 1.82) is 0 Å². The maximum Gasteiger partial charge on any atom is 0.306 e. The molecule has 0 amide bonds. The van der Waals surface area contributed by atoms with Gasteiger partial charge in [-0.3, -0.25) is 14.4 Å². The predicted octanol–water partition coefficient (Wildman–Crippen LogP) is 20.8. The van der Waals surface area contributed by atoms with Crippen LogP contribution in [-0.2, 0) is 28.6 Å². The van der Waals surface area contributed by atoms with Crippen LogP contribution in [0.4, 0.5) is 0 Å². The molecule has 0 aromatic heterocycles. The SMILES string of the molecule is CCCCCC/C=C\C/C=C\CCCCCCCC(=O)OC(COC(=O)CCCCCCCC/C=C\C/C=C\C/C=C\CCCCCCC)COC(=O)CCCCCCCCCCCCCCCCCC. The molecule has 0 N–H and O–H groups in total. The second-order valence-corrected chi connectivity index (χ2v) is 20.6. The Labute approximate surface area is 440 Å². The molecule has 71 heavy (non-hydrogen) atoms. The van der Waals surface area contributed by atoms with Crippen molar-refractivity contribution in [3.05, 3.63) is 60.8 Å². The molecule has 0 rings (SSSR count). The van der Waals surface area contributed by atoms with Crippen molar-refractivity contribution in [2.24, 2.45) is 0 Å². The highest BCUT2D eigenvalue weighted by Gasteiger charge is 2.19. The summed E-state index contributed by atoms with van der Waals surface area (Å²) in [5.74, 6) is -0.893. The van der Waals surface area contributed by atoms with Crippen LogP contribution in [0, 0.1) is 0 Å². The van der Waals surface area contributed by atoms with Gasteiger partial charge in [0.05, 0.1) is 0 Å². The van der Waals surface area contributed by atoms with E-state index in [0.717, 1.165) is 103 Å². The molecule has 412 valence electrons. The summed E-state index contributed by atoms with van der Waals surface area (Å²) in [5.41, 5.74) is 0. The molecule has 0 heterocycles. The van der Waals surface area contributed by atoms with E-state index in [2.05, 4.69) is 81.5 Å². The molecule has 0 spiro atoms. The smallest absolute Gasteiger partial charge is 0.306 e. The van der Waals surface area contributed by atoms with Gasteiger partial charge in [-0.2, -0.15) is 0 Å². The third kappa shape index (κ3) is 57.9. The Balaban J connectivity index is 4.39. The maximum absolute atomic E-state index is 12.9. The molecule has 1 unspecified atom stereocenters. The summed E-state index contributed by atoms with van der Waals surface area (Å²) in [5, 5.41) is 0. The van der Waals surface area contributed by atoms with Crippen molar-refractivity contribution in [2.75, 3.05) is 13.2 Å². The first kappa shape index (κ1) is 68.1. The zero-order valence-electron chi connectivity index (χ0n) is 47.2. The van der Waals surface area contributed by atoms with Crippen molar-refractivity contribution in [2.45, 2.75) is 322 Å². The van der Waals surface area contributed by atoms with Gasteiger partial charge in [0.2, 0.25) is 0 Å². The topological polar surface area (TPSA) is 78.9 Å². The summed E-state index contributed by atoms with van der Waals surface area (Å²) < 4.78 is 16.9. The molecular formula is C65H116O6. The second-order valence-electron chi connectivity index (χ2n) is 20.6. The highest BCUT2D eigenvalue weighted by atomic mass is 16.6. The first-order valence-electron chi connectivity index (χ1n) is 30.8. The highest BCUT2D eigenvalue weighted by Crippen LogP contribution is 2.16. The van der Waals surface area contributed by atoms with E-state index in [0.29, 0.717) is 19.3 Å². The Morgan fingerprint density at radius 3 is 0.803 bits per heavy atom. The van der Waals surface area contributed by atoms with Crippen LogP contribution in [-0.4, -0.2) is 37.2 Å². The number of hydrogen-bond donors (Lipinski definition) is 0. The predicted molar refractivity (Wildman–Crippen MR) is 307 cm³/mol. The van der Waals surface area contributed by atoms with Gasteiger partial charge in [0.15, 0.2) is 6.10 Å². The minimum Gasteiger partial charge on any atom is -0.462 e. The van der Waals surface area contributed by atoms with Gasteiger partial charge in [0.25, 0.3) is 0 Å². The summed E-state index contributed by atoms with van der Waals surface area (Å²) in [6.07, 6.45) is 75.0. The van der Waals surface area contributed by atoms with Crippen LogP contribution in [0.1, 0.15) is 316 Å². The van der Waals surface area contributed by atoms with Crippen LogP contribution in [0.2, 0.25) is 0 Å². The lowest BCUT2D eigenvalue weighted by Crippen LogP contribution is -2.30. The molecule has 0 aliphatic rings. The fourth-order valence-corrected chi connectivity index (χ4v) is 8.83. The van der Waals surface area contributed by atoms with E-state index in [1.165, 1.54) is 173 Å². The zero-order valence-corrected chi connectivity index (χ0v) is 47.2. The van der Waals surface area contributed by atoms with Crippen molar-refractivity contribution < 1.29 is 28.6 Å². The summed E-state index contributed by atoms with van der Waals surface area (Å²) in [7, 11) is 0. The van der Waals surface area contributed by atoms with Gasteiger partial charge < -0.3 is 14.2 Å². The fourth-order valence-electron chi connectivity index (χ4n) is 8.83. The lowest BCUT2D eigenvalue weighted by Gasteiger charge is -2.18. The number of carbonyl (C=O) groups is 3. The molecule has 0 aromatic carbocycles. The van der Waals surface area contributed by atoms with Crippen molar-refractivity contribution in [3.8, 4) is 0 Å². The number of hydrogen-bond acceptors (Lipinski definition) is 6. The Morgan fingerprint density at radius 1 is 0.282 bits per heavy atom. The van der Waals surface area contributed by atoms with E-state index >= 15 is 0 Å². The standard InChI is InChI=1S/C65H116O6/c1-4-7-10-13-16-19-22-25-28-31-32-33-34-35-38-40-43-46-49-52-55-58-64(67)70-61-62(71-65(68)59-56-53-50-47-44-41-37-30-27-24-21-18-15-12-9-6-3)60-69-63(66)57-54-51-48-45-42-39-36-29-26-23-20-17-14-11-8-5-2/h21-22,24-25,30-32,34-35,37,62H,4-20,23,26-29,33,36,38-61H2,1-3H3/b24-21-,25-22-,32-31-,35-34-,37-30-. The molecule has 6 heteroatoms. The monoisotopic (exact) mass is 993 g/mol. The average Bonchev–Trinajstić information content (AvgIpc) is 3.37. The van der Waals surface area contributed by atoms with E-state index in [9.17, 15) is 14.4 Å². The Morgan fingerprint density at radius 2 is 0.507 bits per heavy atom. The van der Waals surface area contributed by atoms with Crippen molar-refractivity contribution in [1.82, 2.24) is 0 Å². The molecule has 0 bridgehead atoms. The summed E-state index contributed by atoms with van der Waals surface area (Å²) in [6.45, 7) is 6.63. The zero-order chi connectivity index (χ0) is 51.4. The molecule has 0 saturated carbocycles. The van der Waals surface area contributed by atoms with Crippen LogP contribution >= 0.6 is 0 Å². The number of allylic oxidation sites excluding steroid dienone is 10. The molecule has 0 saturated heterocycles. The van der Waals surface area contributed by atoms with Gasteiger partial charge in [-0.05, 0) is 89.9 Å². The molecule has 1 atom stereocenters. The van der Waals surface area contributed by atoms with E-state index in [4.69, 9.17) is 14.2 Å². The molecule has 6 nitrogen and oxygen atoms in total. The Bertz CT molecular complexity index is 1280. The molecule has 0 fully saturated rings. The third-order valence-electron chi connectivity index (χ3n) is 13.5. The van der Waals surface area contributed by atoms with Gasteiger partial charge in [0, 0.05) is 19.3 Å². The third-order valence-corrected chi connectivity index (χ3v) is 13.5. The number of rotatable bonds is 56. The lowest BCUT2D eigenvalue weighted by molar-refractivity contribution is -0.167. The van der Waals surface area contributed by atoms with Crippen LogP contribution in [0.25, 0.3) is 0 Å². The van der Waals surface area contributed by atoms with Crippen LogP contribution < -0.4 is 0 Å². The highest BCUT2D eigenvalue weighted by molar-refractivity contribution is 5.71. The quantitative estimate of drug-likeness (QED) is 0.0261. The van der Waals surface area contributed by atoms with E-state index in [1.54, 1.807) is 0 Å². The molecule has 0 radical (unpaired) electrons. The molecule has 0 aliphatic heterocycles. The first-order valence-corrected chi connectivity index (χ1v) is 30.8. The molecular weight excluding hydrogens is 877 g/mol. The lowest BCUT2D eigenvalue weighted by atomic mass is 10.0. The van der Waals surface area contributed by atoms with E-state index in [-0.39, 0.29) is 31.1 Å². The average molecular weight is 994 g/mol. The van der Waals surface area contributed by atoms with E-state index in [1.807, 2.05) is 0 Å². The number of unbranched alkanes of at least 4 members (excludes halogenated alkanes) is 35. The minimum absolute atomic E-state index is 0.0815. The number of carbonyl (C=O) groups excluding carboxylic acids is 3. The summed E-state index contributed by atoms with van der Waals surface area (Å²) >= 11 is 0. The maximum atomic E-state index is 12.9. The fraction of sp³-hybridized carbons (Fsp3) is 0.800. The van der Waals surface area contributed by atoms with Gasteiger partial charge in [-0.25, -0.2) is 0 Å². The van der Waals surface area contributed by atoms with Gasteiger partial charge in [0.1, 0.15) is 13.2 Å². The summed E-state index contributed by atoms with van der Waals surface area (Å²) in [6, 6.07) is 0. The normalized spacial score (nSPS) is 12.4. The van der Waals surface area contributed by atoms with Gasteiger partial charge >= 0.3 is 17.9 Å². The second kappa shape index (κ2) is 59.7. The number of ether oxygens (including phenoxy) is 3. The first-order chi connectivity index (χ1) is 35.0. The summed E-state index contributed by atoms with van der Waals surface area (Å²) in [4.78, 5) is 38.2. The van der Waals surface area contributed by atoms with Crippen molar-refractivity contribution >= 4 is 17.9 Å². The largest absolute Gasteiger partial charge is 0.462 e. The Kier molecular flexibility index (Phi) is 57.2. The Hall–Kier alpha value is -2.89. The van der Waals surface area contributed by atoms with Gasteiger partial charge in [-0.15, -0.1) is 0 Å².